The number of hydrogen-bond donors (Lipinski definition) is 0. The van der Waals surface area contributed by atoms with E-state index in [1.807, 2.05) is 0 Å². The molecule has 3 rings (SSSR count). The molecule has 0 radical (unpaired) electrons. The Hall–Kier alpha value is -1.65. The summed E-state index contributed by atoms with van der Waals surface area (Å²) in [6.07, 6.45) is 5.36. The summed E-state index contributed by atoms with van der Waals surface area (Å²) in [4.78, 5) is 16.6. The van der Waals surface area contributed by atoms with Gasteiger partial charge in [0.15, 0.2) is 0 Å². The van der Waals surface area contributed by atoms with Crippen LogP contribution in [-0.2, 0) is 0 Å². The average molecular weight is 233 g/mol. The lowest BCUT2D eigenvalue weighted by molar-refractivity contribution is -0.385. The minimum absolute atomic E-state index is 0.0631. The van der Waals surface area contributed by atoms with Crippen molar-refractivity contribution in [1.82, 2.24) is 4.98 Å². The standard InChI is InChI=1S/C12H15N3O2/c16-15(17)11-4-5-12(13-6-11)14-7-9-2-1-3-10(9)8-14/h4-6,9-10H,1-3,7-8H2/t9-,10+. The zero-order valence-corrected chi connectivity index (χ0v) is 9.58. The fourth-order valence-electron chi connectivity index (χ4n) is 3.10. The van der Waals surface area contributed by atoms with Gasteiger partial charge in [0.1, 0.15) is 12.0 Å². The zero-order valence-electron chi connectivity index (χ0n) is 9.58. The van der Waals surface area contributed by atoms with E-state index in [1.165, 1.54) is 31.5 Å². The Morgan fingerprint density at radius 2 is 2.00 bits per heavy atom. The van der Waals surface area contributed by atoms with E-state index >= 15 is 0 Å². The predicted octanol–water partition coefficient (Wildman–Crippen LogP) is 2.23. The molecule has 1 aromatic rings. The molecule has 0 N–H and O–H groups in total. The Labute approximate surface area is 99.6 Å². The van der Waals surface area contributed by atoms with E-state index in [9.17, 15) is 10.1 Å². The number of fused-ring (bicyclic) bond motifs is 1. The Balaban J connectivity index is 1.75. The van der Waals surface area contributed by atoms with Gasteiger partial charge >= 0.3 is 0 Å². The summed E-state index contributed by atoms with van der Waals surface area (Å²) >= 11 is 0. The molecule has 0 aromatic carbocycles. The van der Waals surface area contributed by atoms with E-state index in [-0.39, 0.29) is 5.69 Å². The minimum atomic E-state index is -0.407. The Morgan fingerprint density at radius 3 is 2.53 bits per heavy atom. The number of anilines is 1. The summed E-state index contributed by atoms with van der Waals surface area (Å²) in [7, 11) is 0. The van der Waals surface area contributed by atoms with Crippen LogP contribution in [-0.4, -0.2) is 23.0 Å². The SMILES string of the molecule is O=[N+]([O-])c1ccc(N2C[C@H]3CCC[C@H]3C2)nc1. The Morgan fingerprint density at radius 1 is 1.29 bits per heavy atom. The van der Waals surface area contributed by atoms with E-state index in [1.54, 1.807) is 6.07 Å². The Kier molecular flexibility index (Phi) is 2.46. The van der Waals surface area contributed by atoms with Crippen molar-refractivity contribution in [3.63, 3.8) is 0 Å². The Bertz CT molecular complexity index is 420. The normalized spacial score (nSPS) is 27.2. The largest absolute Gasteiger partial charge is 0.356 e. The van der Waals surface area contributed by atoms with Gasteiger partial charge in [-0.3, -0.25) is 10.1 Å². The highest BCUT2D eigenvalue weighted by Gasteiger charge is 2.36. The van der Waals surface area contributed by atoms with Crippen LogP contribution in [0.15, 0.2) is 18.3 Å². The molecule has 5 nitrogen and oxygen atoms in total. The van der Waals surface area contributed by atoms with Gasteiger partial charge in [0.25, 0.3) is 5.69 Å². The summed E-state index contributed by atoms with van der Waals surface area (Å²) < 4.78 is 0. The summed E-state index contributed by atoms with van der Waals surface area (Å²) in [5.41, 5.74) is 0.0631. The van der Waals surface area contributed by atoms with E-state index in [0.29, 0.717) is 0 Å². The third-order valence-corrected chi connectivity index (χ3v) is 3.99. The maximum Gasteiger partial charge on any atom is 0.287 e. The summed E-state index contributed by atoms with van der Waals surface area (Å²) in [5, 5.41) is 10.5. The molecule has 0 amide bonds. The number of aromatic nitrogens is 1. The molecule has 17 heavy (non-hydrogen) atoms. The number of nitrogens with zero attached hydrogens (tertiary/aromatic N) is 3. The van der Waals surface area contributed by atoms with Crippen molar-refractivity contribution in [1.29, 1.82) is 0 Å². The molecule has 5 heteroatoms. The van der Waals surface area contributed by atoms with Crippen LogP contribution in [0, 0.1) is 22.0 Å². The highest BCUT2D eigenvalue weighted by molar-refractivity contribution is 5.44. The van der Waals surface area contributed by atoms with Gasteiger partial charge in [-0.05, 0) is 30.7 Å². The second-order valence-electron chi connectivity index (χ2n) is 4.99. The first-order chi connectivity index (χ1) is 8.24. The minimum Gasteiger partial charge on any atom is -0.356 e. The highest BCUT2D eigenvalue weighted by Crippen LogP contribution is 2.39. The first kappa shape index (κ1) is 10.5. The van der Waals surface area contributed by atoms with E-state index in [0.717, 1.165) is 30.7 Å². The monoisotopic (exact) mass is 233 g/mol. The molecule has 1 saturated heterocycles. The van der Waals surface area contributed by atoms with Crippen molar-refractivity contribution in [2.75, 3.05) is 18.0 Å². The lowest BCUT2D eigenvalue weighted by Gasteiger charge is -2.17. The van der Waals surface area contributed by atoms with Crippen molar-refractivity contribution in [3.05, 3.63) is 28.4 Å². The molecule has 2 atom stereocenters. The lowest BCUT2D eigenvalue weighted by Crippen LogP contribution is -2.21. The predicted molar refractivity (Wildman–Crippen MR) is 63.9 cm³/mol. The van der Waals surface area contributed by atoms with Gasteiger partial charge < -0.3 is 4.90 Å². The van der Waals surface area contributed by atoms with Gasteiger partial charge in [-0.1, -0.05) is 6.42 Å². The molecule has 0 spiro atoms. The second-order valence-corrected chi connectivity index (χ2v) is 4.99. The van der Waals surface area contributed by atoms with Crippen LogP contribution in [0.3, 0.4) is 0 Å². The molecule has 0 unspecified atom stereocenters. The maximum atomic E-state index is 10.5. The van der Waals surface area contributed by atoms with Gasteiger partial charge in [0, 0.05) is 19.2 Å². The van der Waals surface area contributed by atoms with Crippen LogP contribution in [0.4, 0.5) is 11.5 Å². The molecule has 1 aromatic heterocycles. The van der Waals surface area contributed by atoms with Crippen molar-refractivity contribution in [2.24, 2.45) is 11.8 Å². The third-order valence-electron chi connectivity index (χ3n) is 3.99. The molecule has 1 aliphatic heterocycles. The van der Waals surface area contributed by atoms with Gasteiger partial charge in [-0.25, -0.2) is 4.98 Å². The van der Waals surface area contributed by atoms with E-state index < -0.39 is 4.92 Å². The lowest BCUT2D eigenvalue weighted by atomic mass is 10.0. The molecule has 2 fully saturated rings. The van der Waals surface area contributed by atoms with Crippen LogP contribution in [0.1, 0.15) is 19.3 Å². The first-order valence-electron chi connectivity index (χ1n) is 6.09. The van der Waals surface area contributed by atoms with Crippen LogP contribution < -0.4 is 4.90 Å². The number of rotatable bonds is 2. The maximum absolute atomic E-state index is 10.5. The quantitative estimate of drug-likeness (QED) is 0.580. The smallest absolute Gasteiger partial charge is 0.287 e. The third kappa shape index (κ3) is 1.85. The second kappa shape index (κ2) is 3.98. The van der Waals surface area contributed by atoms with Crippen molar-refractivity contribution in [2.45, 2.75) is 19.3 Å². The molecular formula is C12H15N3O2. The number of pyridine rings is 1. The van der Waals surface area contributed by atoms with Crippen LogP contribution >= 0.6 is 0 Å². The molecular weight excluding hydrogens is 218 g/mol. The summed E-state index contributed by atoms with van der Waals surface area (Å²) in [5.74, 6) is 2.50. The van der Waals surface area contributed by atoms with Crippen molar-refractivity contribution < 1.29 is 4.92 Å². The van der Waals surface area contributed by atoms with Gasteiger partial charge in [0.05, 0.1) is 4.92 Å². The average Bonchev–Trinajstić information content (AvgIpc) is 2.89. The first-order valence-corrected chi connectivity index (χ1v) is 6.09. The van der Waals surface area contributed by atoms with E-state index in [4.69, 9.17) is 0 Å². The zero-order chi connectivity index (χ0) is 11.8. The molecule has 0 bridgehead atoms. The molecule has 2 heterocycles. The molecule has 1 saturated carbocycles. The molecule has 2 aliphatic rings. The van der Waals surface area contributed by atoms with Gasteiger partial charge in [0.2, 0.25) is 0 Å². The molecule has 1 aliphatic carbocycles. The summed E-state index contributed by atoms with van der Waals surface area (Å²) in [6, 6.07) is 3.30. The number of hydrogen-bond acceptors (Lipinski definition) is 4. The van der Waals surface area contributed by atoms with Crippen LogP contribution in [0.5, 0.6) is 0 Å². The fraction of sp³-hybridized carbons (Fsp3) is 0.583. The number of nitro groups is 1. The van der Waals surface area contributed by atoms with Crippen LogP contribution in [0.2, 0.25) is 0 Å². The summed E-state index contributed by atoms with van der Waals surface area (Å²) in [6.45, 7) is 2.13. The van der Waals surface area contributed by atoms with E-state index in [2.05, 4.69) is 9.88 Å². The highest BCUT2D eigenvalue weighted by atomic mass is 16.6. The van der Waals surface area contributed by atoms with Crippen molar-refractivity contribution >= 4 is 11.5 Å². The topological polar surface area (TPSA) is 59.3 Å². The van der Waals surface area contributed by atoms with Crippen LogP contribution in [0.25, 0.3) is 0 Å². The molecule has 90 valence electrons. The fourth-order valence-corrected chi connectivity index (χ4v) is 3.10. The van der Waals surface area contributed by atoms with Crippen molar-refractivity contribution in [3.8, 4) is 0 Å². The van der Waals surface area contributed by atoms with Gasteiger partial charge in [-0.15, -0.1) is 0 Å². The van der Waals surface area contributed by atoms with Gasteiger partial charge in [-0.2, -0.15) is 0 Å².